The van der Waals surface area contributed by atoms with Crippen molar-refractivity contribution in [3.63, 3.8) is 0 Å². The van der Waals surface area contributed by atoms with Gasteiger partial charge in [0.25, 0.3) is 11.8 Å². The molecule has 0 bridgehead atoms. The van der Waals surface area contributed by atoms with Crippen molar-refractivity contribution in [2.75, 3.05) is 11.9 Å². The number of rotatable bonds is 4. The fourth-order valence-electron chi connectivity index (χ4n) is 3.45. The average molecular weight is 351 g/mol. The molecule has 5 nitrogen and oxygen atoms in total. The van der Waals surface area contributed by atoms with Crippen LogP contribution in [0.5, 0.6) is 0 Å². The Morgan fingerprint density at radius 1 is 1.23 bits per heavy atom. The molecule has 2 heterocycles. The minimum Gasteiger partial charge on any atom is -0.334 e. The molecule has 3 rings (SSSR count). The monoisotopic (exact) mass is 351 g/mol. The molecule has 1 atom stereocenters. The molecule has 1 aliphatic rings. The number of nitrogens with one attached hydrogen (secondary N) is 1. The lowest BCUT2D eigenvalue weighted by Crippen LogP contribution is -2.43. The molecular weight excluding hydrogens is 326 g/mol. The van der Waals surface area contributed by atoms with Crippen LogP contribution in [0.3, 0.4) is 0 Å². The third-order valence-corrected chi connectivity index (χ3v) is 4.88. The van der Waals surface area contributed by atoms with E-state index in [9.17, 15) is 9.59 Å². The number of amides is 2. The largest absolute Gasteiger partial charge is 0.334 e. The van der Waals surface area contributed by atoms with E-state index in [0.717, 1.165) is 43.5 Å². The van der Waals surface area contributed by atoms with Gasteiger partial charge in [0.2, 0.25) is 0 Å². The second-order valence-corrected chi connectivity index (χ2v) is 6.81. The van der Waals surface area contributed by atoms with Gasteiger partial charge in [0, 0.05) is 30.0 Å². The molecule has 0 spiro atoms. The minimum atomic E-state index is -0.238. The van der Waals surface area contributed by atoms with Crippen molar-refractivity contribution in [3.8, 4) is 0 Å². The Morgan fingerprint density at radius 3 is 2.85 bits per heavy atom. The number of carbonyl (C=O) groups is 2. The first-order valence-corrected chi connectivity index (χ1v) is 9.23. The molecule has 1 aliphatic heterocycles. The summed E-state index contributed by atoms with van der Waals surface area (Å²) in [7, 11) is 0. The van der Waals surface area contributed by atoms with Gasteiger partial charge >= 0.3 is 0 Å². The number of likely N-dealkylation sites (tertiary alicyclic amines) is 1. The standard InChI is InChI=1S/C21H25N3O2/c1-3-18-9-4-5-12-24(18)21(26)19-14-16(10-11-22-19)20(25)23-17-8-6-7-15(2)13-17/h6-8,10-11,13-14,18H,3-5,9,12H2,1-2H3,(H,23,25). The van der Waals surface area contributed by atoms with Crippen molar-refractivity contribution < 1.29 is 9.59 Å². The van der Waals surface area contributed by atoms with Crippen molar-refractivity contribution in [3.05, 3.63) is 59.4 Å². The number of carbonyl (C=O) groups excluding carboxylic acids is 2. The highest BCUT2D eigenvalue weighted by Gasteiger charge is 2.27. The summed E-state index contributed by atoms with van der Waals surface area (Å²) in [4.78, 5) is 31.5. The van der Waals surface area contributed by atoms with Crippen LogP contribution in [-0.2, 0) is 0 Å². The van der Waals surface area contributed by atoms with Crippen LogP contribution in [0.2, 0.25) is 0 Å². The van der Waals surface area contributed by atoms with E-state index < -0.39 is 0 Å². The van der Waals surface area contributed by atoms with Crippen LogP contribution in [0, 0.1) is 6.92 Å². The van der Waals surface area contributed by atoms with Crippen molar-refractivity contribution >= 4 is 17.5 Å². The van der Waals surface area contributed by atoms with Crippen molar-refractivity contribution in [1.82, 2.24) is 9.88 Å². The molecule has 1 unspecified atom stereocenters. The first-order valence-electron chi connectivity index (χ1n) is 9.23. The number of nitrogens with zero attached hydrogens (tertiary/aromatic N) is 2. The molecule has 5 heteroatoms. The number of hydrogen-bond acceptors (Lipinski definition) is 3. The molecule has 1 fully saturated rings. The van der Waals surface area contributed by atoms with Crippen molar-refractivity contribution in [1.29, 1.82) is 0 Å². The molecule has 0 radical (unpaired) electrons. The normalized spacial score (nSPS) is 17.0. The summed E-state index contributed by atoms with van der Waals surface area (Å²) in [6, 6.07) is 11.1. The van der Waals surface area contributed by atoms with Crippen LogP contribution in [0.15, 0.2) is 42.6 Å². The van der Waals surface area contributed by atoms with E-state index in [1.807, 2.05) is 36.1 Å². The SMILES string of the molecule is CCC1CCCCN1C(=O)c1cc(C(=O)Nc2cccc(C)c2)ccn1. The van der Waals surface area contributed by atoms with E-state index in [-0.39, 0.29) is 17.9 Å². The van der Waals surface area contributed by atoms with E-state index in [1.165, 1.54) is 6.20 Å². The molecule has 2 aromatic rings. The molecule has 2 amide bonds. The maximum Gasteiger partial charge on any atom is 0.272 e. The van der Waals surface area contributed by atoms with E-state index in [4.69, 9.17) is 0 Å². The van der Waals surface area contributed by atoms with Gasteiger partial charge in [-0.1, -0.05) is 19.1 Å². The lowest BCUT2D eigenvalue weighted by molar-refractivity contribution is 0.0602. The predicted molar refractivity (Wildman–Crippen MR) is 102 cm³/mol. The van der Waals surface area contributed by atoms with Gasteiger partial charge in [-0.05, 0) is 62.4 Å². The van der Waals surface area contributed by atoms with Gasteiger partial charge in [-0.25, -0.2) is 0 Å². The zero-order chi connectivity index (χ0) is 18.5. The second-order valence-electron chi connectivity index (χ2n) is 6.81. The summed E-state index contributed by atoms with van der Waals surface area (Å²) < 4.78 is 0. The fourth-order valence-corrected chi connectivity index (χ4v) is 3.45. The zero-order valence-corrected chi connectivity index (χ0v) is 15.4. The molecule has 0 aliphatic carbocycles. The maximum absolute atomic E-state index is 12.9. The molecule has 1 aromatic carbocycles. The Kier molecular flexibility index (Phi) is 5.66. The van der Waals surface area contributed by atoms with Gasteiger partial charge in [-0.3, -0.25) is 14.6 Å². The summed E-state index contributed by atoms with van der Waals surface area (Å²) in [6.07, 6.45) is 5.70. The number of anilines is 1. The minimum absolute atomic E-state index is 0.0817. The van der Waals surface area contributed by atoms with Crippen LogP contribution in [0.4, 0.5) is 5.69 Å². The molecule has 26 heavy (non-hydrogen) atoms. The van der Waals surface area contributed by atoms with E-state index in [1.54, 1.807) is 12.1 Å². The van der Waals surface area contributed by atoms with Crippen LogP contribution < -0.4 is 5.32 Å². The third-order valence-electron chi connectivity index (χ3n) is 4.88. The summed E-state index contributed by atoms with van der Waals surface area (Å²) in [6.45, 7) is 4.84. The van der Waals surface area contributed by atoms with E-state index in [2.05, 4.69) is 17.2 Å². The second kappa shape index (κ2) is 8.13. The van der Waals surface area contributed by atoms with E-state index in [0.29, 0.717) is 11.3 Å². The van der Waals surface area contributed by atoms with Gasteiger partial charge in [-0.2, -0.15) is 0 Å². The van der Waals surface area contributed by atoms with Crippen LogP contribution in [-0.4, -0.2) is 34.3 Å². The summed E-state index contributed by atoms with van der Waals surface area (Å²) in [5.41, 5.74) is 2.59. The average Bonchev–Trinajstić information content (AvgIpc) is 2.67. The highest BCUT2D eigenvalue weighted by molar-refractivity contribution is 6.05. The molecule has 1 aromatic heterocycles. The molecule has 0 saturated carbocycles. The third kappa shape index (κ3) is 4.10. The van der Waals surface area contributed by atoms with Gasteiger partial charge in [0.1, 0.15) is 5.69 Å². The lowest BCUT2D eigenvalue weighted by atomic mass is 9.99. The lowest BCUT2D eigenvalue weighted by Gasteiger charge is -2.35. The number of hydrogen-bond donors (Lipinski definition) is 1. The fraction of sp³-hybridized carbons (Fsp3) is 0.381. The smallest absolute Gasteiger partial charge is 0.272 e. The topological polar surface area (TPSA) is 62.3 Å². The van der Waals surface area contributed by atoms with Crippen LogP contribution in [0.1, 0.15) is 59.0 Å². The van der Waals surface area contributed by atoms with Gasteiger partial charge in [0.05, 0.1) is 0 Å². The highest BCUT2D eigenvalue weighted by Crippen LogP contribution is 2.21. The highest BCUT2D eigenvalue weighted by atomic mass is 16.2. The molecule has 136 valence electrons. The summed E-state index contributed by atoms with van der Waals surface area (Å²) >= 11 is 0. The summed E-state index contributed by atoms with van der Waals surface area (Å²) in [5, 5.41) is 2.87. The van der Waals surface area contributed by atoms with Gasteiger partial charge in [-0.15, -0.1) is 0 Å². The number of pyridine rings is 1. The number of benzene rings is 1. The number of aryl methyl sites for hydroxylation is 1. The Hall–Kier alpha value is -2.69. The van der Waals surface area contributed by atoms with Crippen molar-refractivity contribution in [2.45, 2.75) is 45.6 Å². The first-order chi connectivity index (χ1) is 12.6. The van der Waals surface area contributed by atoms with Crippen LogP contribution in [0.25, 0.3) is 0 Å². The Morgan fingerprint density at radius 2 is 2.08 bits per heavy atom. The Balaban J connectivity index is 1.77. The van der Waals surface area contributed by atoms with Gasteiger partial charge in [0.15, 0.2) is 0 Å². The molecule has 1 N–H and O–H groups in total. The first kappa shape index (κ1) is 18.1. The molecule has 1 saturated heterocycles. The zero-order valence-electron chi connectivity index (χ0n) is 15.4. The quantitative estimate of drug-likeness (QED) is 0.904. The van der Waals surface area contributed by atoms with E-state index >= 15 is 0 Å². The Labute approximate surface area is 154 Å². The van der Waals surface area contributed by atoms with Crippen LogP contribution >= 0.6 is 0 Å². The summed E-state index contributed by atoms with van der Waals surface area (Å²) in [5.74, 6) is -0.320. The van der Waals surface area contributed by atoms with Crippen molar-refractivity contribution in [2.24, 2.45) is 0 Å². The predicted octanol–water partition coefficient (Wildman–Crippen LogP) is 4.05. The van der Waals surface area contributed by atoms with Gasteiger partial charge < -0.3 is 10.2 Å². The molecular formula is C21H25N3O2. The number of aromatic nitrogens is 1. The maximum atomic E-state index is 12.9. The number of piperidine rings is 1. The Bertz CT molecular complexity index is 803.